The molecule has 128 valence electrons. The number of nitrogens with zero attached hydrogens (tertiary/aromatic N) is 3. The lowest BCUT2D eigenvalue weighted by atomic mass is 10.3. The normalized spacial score (nSPS) is 15.0. The highest BCUT2D eigenvalue weighted by Gasteiger charge is 2.12. The Morgan fingerprint density at radius 3 is 2.74 bits per heavy atom. The van der Waals surface area contributed by atoms with Crippen molar-refractivity contribution >= 4 is 11.8 Å². The Morgan fingerprint density at radius 1 is 1.26 bits per heavy atom. The Morgan fingerprint density at radius 2 is 2.09 bits per heavy atom. The van der Waals surface area contributed by atoms with Crippen molar-refractivity contribution < 1.29 is 4.74 Å². The molecule has 23 heavy (non-hydrogen) atoms. The predicted octanol–water partition coefficient (Wildman–Crippen LogP) is 1.77. The average Bonchev–Trinajstić information content (AvgIpc) is 3.11. The van der Waals surface area contributed by atoms with Gasteiger partial charge in [0.1, 0.15) is 5.82 Å². The van der Waals surface area contributed by atoms with Gasteiger partial charge in [-0.05, 0) is 38.3 Å². The number of ether oxygens (including phenoxy) is 1. The second-order valence-electron chi connectivity index (χ2n) is 5.54. The van der Waals surface area contributed by atoms with Crippen molar-refractivity contribution in [2.24, 2.45) is 4.99 Å². The van der Waals surface area contributed by atoms with E-state index in [1.807, 2.05) is 13.1 Å². The maximum Gasteiger partial charge on any atom is 0.191 e. The first-order chi connectivity index (χ1) is 11.3. The molecule has 1 aromatic rings. The van der Waals surface area contributed by atoms with Gasteiger partial charge in [0, 0.05) is 39.0 Å². The van der Waals surface area contributed by atoms with E-state index >= 15 is 0 Å². The van der Waals surface area contributed by atoms with E-state index in [9.17, 15) is 0 Å². The van der Waals surface area contributed by atoms with Gasteiger partial charge in [0.15, 0.2) is 5.96 Å². The van der Waals surface area contributed by atoms with Crippen LogP contribution >= 0.6 is 0 Å². The summed E-state index contributed by atoms with van der Waals surface area (Å²) in [6.07, 6.45) is 4.47. The van der Waals surface area contributed by atoms with E-state index in [0.717, 1.165) is 50.1 Å². The molecule has 1 fully saturated rings. The van der Waals surface area contributed by atoms with Gasteiger partial charge in [0.25, 0.3) is 0 Å². The topological polar surface area (TPSA) is 61.8 Å². The monoisotopic (exact) mass is 319 g/mol. The van der Waals surface area contributed by atoms with Crippen molar-refractivity contribution in [3.63, 3.8) is 0 Å². The minimum atomic E-state index is 0.622. The van der Waals surface area contributed by atoms with Crippen LogP contribution in [0.4, 0.5) is 5.82 Å². The Bertz CT molecular complexity index is 468. The van der Waals surface area contributed by atoms with Gasteiger partial charge < -0.3 is 20.3 Å². The van der Waals surface area contributed by atoms with Crippen LogP contribution < -0.4 is 15.5 Å². The maximum atomic E-state index is 5.33. The molecule has 0 radical (unpaired) electrons. The van der Waals surface area contributed by atoms with Gasteiger partial charge in [-0.2, -0.15) is 0 Å². The Labute approximate surface area is 139 Å². The van der Waals surface area contributed by atoms with E-state index in [0.29, 0.717) is 13.2 Å². The van der Waals surface area contributed by atoms with Crippen LogP contribution in [-0.2, 0) is 11.3 Å². The first-order valence-electron chi connectivity index (χ1n) is 8.63. The number of anilines is 1. The molecule has 6 heteroatoms. The molecule has 2 rings (SSSR count). The van der Waals surface area contributed by atoms with E-state index in [-0.39, 0.29) is 0 Å². The standard InChI is InChI=1S/C17H29N5O/c1-3-18-17(19-9-12-23-4-2)21-14-15-7-8-16(20-13-15)22-10-5-6-11-22/h7-8,13H,3-6,9-12,14H2,1-2H3,(H2,18,19,21). The quantitative estimate of drug-likeness (QED) is 0.434. The summed E-state index contributed by atoms with van der Waals surface area (Å²) in [7, 11) is 0. The minimum absolute atomic E-state index is 0.622. The first kappa shape index (κ1) is 17.5. The summed E-state index contributed by atoms with van der Waals surface area (Å²) < 4.78 is 5.33. The number of hydrogen-bond donors (Lipinski definition) is 2. The van der Waals surface area contributed by atoms with Crippen molar-refractivity contribution in [3.05, 3.63) is 23.9 Å². The van der Waals surface area contributed by atoms with Crippen LogP contribution in [0.1, 0.15) is 32.3 Å². The lowest BCUT2D eigenvalue weighted by molar-refractivity contribution is 0.152. The highest BCUT2D eigenvalue weighted by Crippen LogP contribution is 2.17. The van der Waals surface area contributed by atoms with Gasteiger partial charge in [0.2, 0.25) is 0 Å². The van der Waals surface area contributed by atoms with E-state index < -0.39 is 0 Å². The zero-order valence-corrected chi connectivity index (χ0v) is 14.3. The summed E-state index contributed by atoms with van der Waals surface area (Å²) in [5.74, 6) is 1.90. The van der Waals surface area contributed by atoms with Gasteiger partial charge in [-0.25, -0.2) is 9.98 Å². The zero-order valence-electron chi connectivity index (χ0n) is 14.3. The van der Waals surface area contributed by atoms with Crippen molar-refractivity contribution in [1.82, 2.24) is 15.6 Å². The molecule has 0 saturated carbocycles. The van der Waals surface area contributed by atoms with E-state index in [2.05, 4.69) is 44.6 Å². The molecule has 0 unspecified atom stereocenters. The van der Waals surface area contributed by atoms with Crippen molar-refractivity contribution in [2.75, 3.05) is 44.3 Å². The minimum Gasteiger partial charge on any atom is -0.380 e. The molecule has 2 heterocycles. The molecule has 0 aromatic carbocycles. The molecular formula is C17H29N5O. The van der Waals surface area contributed by atoms with Crippen LogP contribution in [0.2, 0.25) is 0 Å². The summed E-state index contributed by atoms with van der Waals surface area (Å²) in [6, 6.07) is 4.22. The second kappa shape index (κ2) is 10.0. The molecule has 2 N–H and O–H groups in total. The largest absolute Gasteiger partial charge is 0.380 e. The predicted molar refractivity (Wildman–Crippen MR) is 95.0 cm³/mol. The molecule has 6 nitrogen and oxygen atoms in total. The number of rotatable bonds is 8. The van der Waals surface area contributed by atoms with E-state index in [4.69, 9.17) is 4.74 Å². The summed E-state index contributed by atoms with van der Waals surface area (Å²) in [5, 5.41) is 6.51. The highest BCUT2D eigenvalue weighted by molar-refractivity contribution is 5.79. The van der Waals surface area contributed by atoms with Crippen LogP contribution in [-0.4, -0.2) is 50.3 Å². The lowest BCUT2D eigenvalue weighted by Crippen LogP contribution is -2.39. The molecular weight excluding hydrogens is 290 g/mol. The third-order valence-electron chi connectivity index (χ3n) is 3.75. The number of aromatic nitrogens is 1. The van der Waals surface area contributed by atoms with Gasteiger partial charge in [-0.15, -0.1) is 0 Å². The summed E-state index contributed by atoms with van der Waals surface area (Å²) in [6.45, 7) is 9.95. The molecule has 0 atom stereocenters. The Kier molecular flexibility index (Phi) is 7.66. The number of guanidine groups is 1. The zero-order chi connectivity index (χ0) is 16.3. The lowest BCUT2D eigenvalue weighted by Gasteiger charge is -2.16. The summed E-state index contributed by atoms with van der Waals surface area (Å²) >= 11 is 0. The van der Waals surface area contributed by atoms with Gasteiger partial charge in [-0.1, -0.05) is 6.07 Å². The number of nitrogens with one attached hydrogen (secondary N) is 2. The fraction of sp³-hybridized carbons (Fsp3) is 0.647. The average molecular weight is 319 g/mol. The van der Waals surface area contributed by atoms with Crippen molar-refractivity contribution in [2.45, 2.75) is 33.2 Å². The van der Waals surface area contributed by atoms with Crippen LogP contribution in [0.25, 0.3) is 0 Å². The number of pyridine rings is 1. The first-order valence-corrected chi connectivity index (χ1v) is 8.63. The van der Waals surface area contributed by atoms with E-state index in [1.54, 1.807) is 0 Å². The van der Waals surface area contributed by atoms with Crippen molar-refractivity contribution in [3.8, 4) is 0 Å². The number of aliphatic imine (C=N–C) groups is 1. The third kappa shape index (κ3) is 6.06. The van der Waals surface area contributed by atoms with E-state index in [1.165, 1.54) is 12.8 Å². The fourth-order valence-corrected chi connectivity index (χ4v) is 2.54. The van der Waals surface area contributed by atoms with Crippen LogP contribution in [0, 0.1) is 0 Å². The van der Waals surface area contributed by atoms with Crippen molar-refractivity contribution in [1.29, 1.82) is 0 Å². The van der Waals surface area contributed by atoms with Crippen LogP contribution in [0.3, 0.4) is 0 Å². The Hall–Kier alpha value is -1.82. The molecule has 1 aromatic heterocycles. The molecule has 0 amide bonds. The SMILES string of the molecule is CCNC(=NCc1ccc(N2CCCC2)nc1)NCCOCC. The maximum absolute atomic E-state index is 5.33. The van der Waals surface area contributed by atoms with Crippen LogP contribution in [0.15, 0.2) is 23.3 Å². The Balaban J connectivity index is 1.84. The smallest absolute Gasteiger partial charge is 0.191 e. The summed E-state index contributed by atoms with van der Waals surface area (Å²) in [5.41, 5.74) is 1.12. The molecule has 0 bridgehead atoms. The fourth-order valence-electron chi connectivity index (χ4n) is 2.54. The molecule has 1 saturated heterocycles. The van der Waals surface area contributed by atoms with Gasteiger partial charge in [-0.3, -0.25) is 0 Å². The molecule has 1 aliphatic rings. The van der Waals surface area contributed by atoms with Gasteiger partial charge >= 0.3 is 0 Å². The molecule has 0 spiro atoms. The second-order valence-corrected chi connectivity index (χ2v) is 5.54. The highest BCUT2D eigenvalue weighted by atomic mass is 16.5. The third-order valence-corrected chi connectivity index (χ3v) is 3.75. The molecule has 0 aliphatic carbocycles. The summed E-state index contributed by atoms with van der Waals surface area (Å²) in [4.78, 5) is 11.5. The van der Waals surface area contributed by atoms with Crippen LogP contribution in [0.5, 0.6) is 0 Å². The van der Waals surface area contributed by atoms with Gasteiger partial charge in [0.05, 0.1) is 13.2 Å². The number of hydrogen-bond acceptors (Lipinski definition) is 4. The molecule has 1 aliphatic heterocycles.